The number of anilines is 4. The average molecular weight is 350 g/mol. The summed E-state index contributed by atoms with van der Waals surface area (Å²) in [6.45, 7) is 5.79. The van der Waals surface area contributed by atoms with Crippen LogP contribution < -0.4 is 10.6 Å². The molecule has 0 bridgehead atoms. The molecule has 26 heavy (non-hydrogen) atoms. The van der Waals surface area contributed by atoms with E-state index in [1.807, 2.05) is 45.0 Å². The Balaban J connectivity index is 1.99. The number of hydrogen-bond donors (Lipinski definition) is 2. The smallest absolute Gasteiger partial charge is 0.334 e. The van der Waals surface area contributed by atoms with E-state index in [-0.39, 0.29) is 17.3 Å². The minimum absolute atomic E-state index is 0.0779. The molecule has 0 spiro atoms. The van der Waals surface area contributed by atoms with E-state index in [1.54, 1.807) is 12.3 Å². The van der Waals surface area contributed by atoms with E-state index in [1.165, 1.54) is 6.33 Å². The van der Waals surface area contributed by atoms with Crippen LogP contribution >= 0.6 is 0 Å². The molecule has 8 heteroatoms. The van der Waals surface area contributed by atoms with Crippen molar-refractivity contribution in [3.8, 4) is 0 Å². The Bertz CT molecular complexity index is 956. The number of benzene rings is 1. The third kappa shape index (κ3) is 3.75. The molecule has 0 aliphatic carbocycles. The van der Waals surface area contributed by atoms with Crippen molar-refractivity contribution in [1.82, 2.24) is 15.0 Å². The van der Waals surface area contributed by atoms with Gasteiger partial charge in [0.25, 0.3) is 0 Å². The molecular weight excluding hydrogens is 332 g/mol. The van der Waals surface area contributed by atoms with Crippen LogP contribution in [0.4, 0.5) is 28.8 Å². The number of aryl methyl sites for hydroxylation is 3. The highest BCUT2D eigenvalue weighted by molar-refractivity contribution is 5.77. The molecule has 3 aromatic rings. The van der Waals surface area contributed by atoms with E-state index in [0.29, 0.717) is 5.82 Å². The number of hydrogen-bond acceptors (Lipinski definition) is 7. The summed E-state index contributed by atoms with van der Waals surface area (Å²) in [7, 11) is 0. The highest BCUT2D eigenvalue weighted by Gasteiger charge is 2.24. The molecule has 0 saturated carbocycles. The van der Waals surface area contributed by atoms with E-state index in [0.717, 1.165) is 22.4 Å². The number of nitrogens with zero attached hydrogens (tertiary/aromatic N) is 4. The second-order valence-electron chi connectivity index (χ2n) is 5.97. The zero-order valence-corrected chi connectivity index (χ0v) is 14.6. The Kier molecular flexibility index (Phi) is 4.74. The first-order chi connectivity index (χ1) is 12.4. The van der Waals surface area contributed by atoms with E-state index >= 15 is 0 Å². The fraction of sp³-hybridized carbons (Fsp3) is 0.167. The molecule has 2 N–H and O–H groups in total. The van der Waals surface area contributed by atoms with Crippen LogP contribution in [0, 0.1) is 30.9 Å². The molecule has 0 atom stereocenters. The number of pyridine rings is 1. The minimum Gasteiger partial charge on any atom is -0.334 e. The van der Waals surface area contributed by atoms with Crippen molar-refractivity contribution in [1.29, 1.82) is 0 Å². The lowest BCUT2D eigenvalue weighted by Crippen LogP contribution is -2.06. The first kappa shape index (κ1) is 17.3. The molecular formula is C18H18N6O2. The van der Waals surface area contributed by atoms with Crippen molar-refractivity contribution in [2.75, 3.05) is 10.6 Å². The average Bonchev–Trinajstić information content (AvgIpc) is 2.60. The standard InChI is InChI=1S/C18H18N6O2/c1-11-4-6-13(3)14(8-11)22-17-16(24(25)26)18(21-10-20-17)23-15-7-5-12(2)9-19-15/h4-10H,1-3H3,(H2,19,20,21,22,23). The van der Waals surface area contributed by atoms with Crippen LogP contribution in [-0.2, 0) is 0 Å². The van der Waals surface area contributed by atoms with Gasteiger partial charge in [0.2, 0.25) is 11.6 Å². The molecule has 0 radical (unpaired) electrons. The van der Waals surface area contributed by atoms with Crippen LogP contribution in [0.5, 0.6) is 0 Å². The van der Waals surface area contributed by atoms with Crippen molar-refractivity contribution in [2.24, 2.45) is 0 Å². The third-order valence-corrected chi connectivity index (χ3v) is 3.81. The summed E-state index contributed by atoms with van der Waals surface area (Å²) >= 11 is 0. The topological polar surface area (TPSA) is 106 Å². The lowest BCUT2D eigenvalue weighted by molar-refractivity contribution is -0.383. The van der Waals surface area contributed by atoms with Crippen molar-refractivity contribution < 1.29 is 4.92 Å². The summed E-state index contributed by atoms with van der Waals surface area (Å²) in [5, 5.41) is 17.6. The van der Waals surface area contributed by atoms with Gasteiger partial charge in [-0.3, -0.25) is 10.1 Å². The van der Waals surface area contributed by atoms with Crippen molar-refractivity contribution in [2.45, 2.75) is 20.8 Å². The Morgan fingerprint density at radius 2 is 1.62 bits per heavy atom. The molecule has 0 unspecified atom stereocenters. The van der Waals surface area contributed by atoms with Crippen LogP contribution in [0.3, 0.4) is 0 Å². The van der Waals surface area contributed by atoms with E-state index < -0.39 is 4.92 Å². The second kappa shape index (κ2) is 7.14. The van der Waals surface area contributed by atoms with Gasteiger partial charge in [0.1, 0.15) is 12.1 Å². The lowest BCUT2D eigenvalue weighted by atomic mass is 10.1. The molecule has 2 heterocycles. The molecule has 2 aromatic heterocycles. The predicted octanol–water partition coefficient (Wildman–Crippen LogP) is 4.19. The Labute approximate surface area is 150 Å². The van der Waals surface area contributed by atoms with Gasteiger partial charge in [-0.25, -0.2) is 15.0 Å². The van der Waals surface area contributed by atoms with E-state index in [4.69, 9.17) is 0 Å². The maximum atomic E-state index is 11.7. The molecule has 8 nitrogen and oxygen atoms in total. The van der Waals surface area contributed by atoms with Crippen molar-refractivity contribution in [3.05, 3.63) is 69.7 Å². The van der Waals surface area contributed by atoms with Gasteiger partial charge in [0, 0.05) is 11.9 Å². The molecule has 0 aliphatic heterocycles. The van der Waals surface area contributed by atoms with Gasteiger partial charge in [-0.05, 0) is 49.6 Å². The predicted molar refractivity (Wildman–Crippen MR) is 100 cm³/mol. The van der Waals surface area contributed by atoms with Gasteiger partial charge in [-0.15, -0.1) is 0 Å². The number of aromatic nitrogens is 3. The first-order valence-corrected chi connectivity index (χ1v) is 7.97. The Hall–Kier alpha value is -3.55. The van der Waals surface area contributed by atoms with Gasteiger partial charge < -0.3 is 10.6 Å². The largest absolute Gasteiger partial charge is 0.353 e. The summed E-state index contributed by atoms with van der Waals surface area (Å²) in [5.41, 5.74) is 3.50. The third-order valence-electron chi connectivity index (χ3n) is 3.81. The summed E-state index contributed by atoms with van der Waals surface area (Å²) in [5.74, 6) is 0.664. The van der Waals surface area contributed by atoms with Crippen LogP contribution in [0.1, 0.15) is 16.7 Å². The van der Waals surface area contributed by atoms with E-state index in [9.17, 15) is 10.1 Å². The Morgan fingerprint density at radius 3 is 2.27 bits per heavy atom. The molecule has 1 aromatic carbocycles. The maximum absolute atomic E-state index is 11.7. The van der Waals surface area contributed by atoms with Crippen LogP contribution in [0.2, 0.25) is 0 Å². The molecule has 0 saturated heterocycles. The normalized spacial score (nSPS) is 10.4. The molecule has 0 aliphatic rings. The number of rotatable bonds is 5. The van der Waals surface area contributed by atoms with Crippen molar-refractivity contribution in [3.63, 3.8) is 0 Å². The van der Waals surface area contributed by atoms with Crippen LogP contribution in [0.25, 0.3) is 0 Å². The van der Waals surface area contributed by atoms with Gasteiger partial charge in [-0.2, -0.15) is 0 Å². The molecule has 3 rings (SSSR count). The summed E-state index contributed by atoms with van der Waals surface area (Å²) in [6.07, 6.45) is 2.95. The second-order valence-corrected chi connectivity index (χ2v) is 5.97. The van der Waals surface area contributed by atoms with Crippen molar-refractivity contribution >= 4 is 28.8 Å². The zero-order chi connectivity index (χ0) is 18.7. The monoisotopic (exact) mass is 350 g/mol. The zero-order valence-electron chi connectivity index (χ0n) is 14.6. The van der Waals surface area contributed by atoms with E-state index in [2.05, 4.69) is 25.6 Å². The Morgan fingerprint density at radius 1 is 0.923 bits per heavy atom. The lowest BCUT2D eigenvalue weighted by Gasteiger charge is -2.12. The summed E-state index contributed by atoms with van der Waals surface area (Å²) < 4.78 is 0. The SMILES string of the molecule is Cc1ccc(Nc2ncnc(Nc3cc(C)ccc3C)c2[N+](=O)[O-])nc1. The first-order valence-electron chi connectivity index (χ1n) is 7.97. The number of nitro groups is 1. The van der Waals surface area contributed by atoms with Gasteiger partial charge >= 0.3 is 5.69 Å². The number of nitrogens with one attached hydrogen (secondary N) is 2. The fourth-order valence-corrected chi connectivity index (χ4v) is 2.40. The summed E-state index contributed by atoms with van der Waals surface area (Å²) in [4.78, 5) is 23.4. The van der Waals surface area contributed by atoms with Crippen LogP contribution in [0.15, 0.2) is 42.9 Å². The van der Waals surface area contributed by atoms with Gasteiger partial charge in [-0.1, -0.05) is 18.2 Å². The minimum atomic E-state index is -0.510. The van der Waals surface area contributed by atoms with Gasteiger partial charge in [0.05, 0.1) is 4.92 Å². The quantitative estimate of drug-likeness (QED) is 0.525. The highest BCUT2D eigenvalue weighted by Crippen LogP contribution is 2.33. The van der Waals surface area contributed by atoms with Gasteiger partial charge in [0.15, 0.2) is 0 Å². The maximum Gasteiger partial charge on any atom is 0.353 e. The summed E-state index contributed by atoms with van der Waals surface area (Å²) in [6, 6.07) is 9.43. The molecule has 132 valence electrons. The molecule has 0 fully saturated rings. The van der Waals surface area contributed by atoms with Crippen LogP contribution in [-0.4, -0.2) is 19.9 Å². The molecule has 0 amide bonds. The highest BCUT2D eigenvalue weighted by atomic mass is 16.6. The fourth-order valence-electron chi connectivity index (χ4n) is 2.40.